The quantitative estimate of drug-likeness (QED) is 0.744. The van der Waals surface area contributed by atoms with Crippen molar-refractivity contribution in [3.8, 4) is 5.75 Å². The van der Waals surface area contributed by atoms with Gasteiger partial charge in [-0.15, -0.1) is 0 Å². The Balaban J connectivity index is 1.97. The van der Waals surface area contributed by atoms with Gasteiger partial charge in [0.05, 0.1) is 18.9 Å². The highest BCUT2D eigenvalue weighted by molar-refractivity contribution is 6.00. The maximum atomic E-state index is 12.2. The number of carbonyl (C=O) groups is 1. The van der Waals surface area contributed by atoms with Crippen molar-refractivity contribution < 1.29 is 14.3 Å². The Morgan fingerprint density at radius 2 is 2.06 bits per heavy atom. The predicted molar refractivity (Wildman–Crippen MR) is 63.2 cm³/mol. The molecular weight excluding hydrogens is 218 g/mol. The van der Waals surface area contributed by atoms with Crippen LogP contribution in [0.3, 0.4) is 0 Å². The highest BCUT2D eigenvalue weighted by Gasteiger charge is 2.45. The molecule has 1 spiro atoms. The van der Waals surface area contributed by atoms with Gasteiger partial charge in [-0.1, -0.05) is 6.07 Å². The number of fused-ring (bicyclic) bond motifs is 1. The van der Waals surface area contributed by atoms with Gasteiger partial charge >= 0.3 is 0 Å². The first-order valence-electron chi connectivity index (χ1n) is 5.88. The van der Waals surface area contributed by atoms with Crippen LogP contribution in [0.2, 0.25) is 0 Å². The van der Waals surface area contributed by atoms with Crippen LogP contribution in [-0.2, 0) is 9.53 Å². The van der Waals surface area contributed by atoms with E-state index < -0.39 is 5.60 Å². The van der Waals surface area contributed by atoms with Crippen LogP contribution < -0.4 is 10.1 Å². The minimum absolute atomic E-state index is 0.0427. The third kappa shape index (κ3) is 1.69. The van der Waals surface area contributed by atoms with Gasteiger partial charge in [-0.25, -0.2) is 0 Å². The van der Waals surface area contributed by atoms with Gasteiger partial charge in [0.1, 0.15) is 5.75 Å². The molecular formula is C13H15NO3. The van der Waals surface area contributed by atoms with E-state index in [1.165, 1.54) is 0 Å². The van der Waals surface area contributed by atoms with Gasteiger partial charge in [0.2, 0.25) is 0 Å². The third-order valence-corrected chi connectivity index (χ3v) is 3.40. The number of aryl methyl sites for hydroxylation is 1. The average molecular weight is 233 g/mol. The molecule has 2 aliphatic rings. The van der Waals surface area contributed by atoms with Crippen LogP contribution in [0.25, 0.3) is 0 Å². The van der Waals surface area contributed by atoms with Crippen molar-refractivity contribution in [3.63, 3.8) is 0 Å². The second-order valence-corrected chi connectivity index (χ2v) is 4.66. The average Bonchev–Trinajstić information content (AvgIpc) is 2.33. The van der Waals surface area contributed by atoms with Crippen molar-refractivity contribution in [2.45, 2.75) is 25.4 Å². The topological polar surface area (TPSA) is 47.6 Å². The summed E-state index contributed by atoms with van der Waals surface area (Å²) in [5, 5.41) is 2.94. The lowest BCUT2D eigenvalue weighted by atomic mass is 9.91. The van der Waals surface area contributed by atoms with Crippen LogP contribution in [0.1, 0.15) is 18.4 Å². The second-order valence-electron chi connectivity index (χ2n) is 4.66. The number of ether oxygens (including phenoxy) is 2. The highest BCUT2D eigenvalue weighted by atomic mass is 16.5. The minimum atomic E-state index is -0.722. The molecule has 0 atom stereocenters. The number of anilines is 1. The zero-order chi connectivity index (χ0) is 11.9. The van der Waals surface area contributed by atoms with Crippen LogP contribution in [0.15, 0.2) is 18.2 Å². The molecule has 0 unspecified atom stereocenters. The summed E-state index contributed by atoms with van der Waals surface area (Å²) in [5.74, 6) is 0.719. The van der Waals surface area contributed by atoms with Crippen molar-refractivity contribution in [1.29, 1.82) is 0 Å². The van der Waals surface area contributed by atoms with Crippen molar-refractivity contribution >= 4 is 11.6 Å². The standard InChI is InChI=1S/C13H15NO3/c1-9-2-3-11-10(8-9)14-12(15)13(17-11)4-6-16-7-5-13/h2-3,8H,4-7H2,1H3,(H,14,15). The van der Waals surface area contributed by atoms with Gasteiger partial charge in [-0.2, -0.15) is 0 Å². The van der Waals surface area contributed by atoms with Gasteiger partial charge in [-0.05, 0) is 24.6 Å². The van der Waals surface area contributed by atoms with Crippen LogP contribution in [0, 0.1) is 6.92 Å². The molecule has 1 aromatic rings. The van der Waals surface area contributed by atoms with E-state index in [4.69, 9.17) is 9.47 Å². The monoisotopic (exact) mass is 233 g/mol. The van der Waals surface area contributed by atoms with E-state index in [0.29, 0.717) is 26.1 Å². The molecule has 3 rings (SSSR count). The third-order valence-electron chi connectivity index (χ3n) is 3.40. The summed E-state index contributed by atoms with van der Waals surface area (Å²) in [7, 11) is 0. The molecule has 2 heterocycles. The fraction of sp³-hybridized carbons (Fsp3) is 0.462. The largest absolute Gasteiger partial charge is 0.475 e. The Morgan fingerprint density at radius 3 is 2.82 bits per heavy atom. The summed E-state index contributed by atoms with van der Waals surface area (Å²) >= 11 is 0. The van der Waals surface area contributed by atoms with E-state index in [0.717, 1.165) is 17.0 Å². The summed E-state index contributed by atoms with van der Waals surface area (Å²) in [5.41, 5.74) is 1.16. The van der Waals surface area contributed by atoms with Crippen molar-refractivity contribution in [1.82, 2.24) is 0 Å². The van der Waals surface area contributed by atoms with Crippen LogP contribution >= 0.6 is 0 Å². The Labute approximate surface area is 99.9 Å². The maximum absolute atomic E-state index is 12.2. The molecule has 1 aromatic carbocycles. The summed E-state index contributed by atoms with van der Waals surface area (Å²) in [4.78, 5) is 12.2. The number of benzene rings is 1. The first-order chi connectivity index (χ1) is 8.20. The highest BCUT2D eigenvalue weighted by Crippen LogP contribution is 2.38. The van der Waals surface area contributed by atoms with Gasteiger partial charge < -0.3 is 14.8 Å². The van der Waals surface area contributed by atoms with Gasteiger partial charge in [-0.3, -0.25) is 4.79 Å². The van der Waals surface area contributed by atoms with Crippen molar-refractivity contribution in [2.75, 3.05) is 18.5 Å². The molecule has 0 bridgehead atoms. The molecule has 2 aliphatic heterocycles. The Kier molecular flexibility index (Phi) is 2.33. The SMILES string of the molecule is Cc1ccc2c(c1)NC(=O)C1(CCOCC1)O2. The number of hydrogen-bond acceptors (Lipinski definition) is 3. The molecule has 17 heavy (non-hydrogen) atoms. The van der Waals surface area contributed by atoms with Crippen molar-refractivity contribution in [3.05, 3.63) is 23.8 Å². The number of hydrogen-bond donors (Lipinski definition) is 1. The number of amides is 1. The molecule has 4 heteroatoms. The normalized spacial score (nSPS) is 21.6. The molecule has 90 valence electrons. The molecule has 0 aliphatic carbocycles. The summed E-state index contributed by atoms with van der Waals surface area (Å²) in [6.45, 7) is 3.15. The number of nitrogens with one attached hydrogen (secondary N) is 1. The molecule has 1 N–H and O–H groups in total. The van der Waals surface area contributed by atoms with E-state index in [9.17, 15) is 4.79 Å². The lowest BCUT2D eigenvalue weighted by molar-refractivity contribution is -0.140. The first kappa shape index (κ1) is 10.6. The van der Waals surface area contributed by atoms with E-state index in [2.05, 4.69) is 5.32 Å². The Bertz CT molecular complexity index is 464. The van der Waals surface area contributed by atoms with E-state index >= 15 is 0 Å². The fourth-order valence-electron chi connectivity index (χ4n) is 2.35. The smallest absolute Gasteiger partial charge is 0.268 e. The van der Waals surface area contributed by atoms with Gasteiger partial charge in [0, 0.05) is 12.8 Å². The summed E-state index contributed by atoms with van der Waals surface area (Å²) < 4.78 is 11.2. The molecule has 1 fully saturated rings. The van der Waals surface area contributed by atoms with E-state index in [-0.39, 0.29) is 5.91 Å². The molecule has 0 saturated carbocycles. The maximum Gasteiger partial charge on any atom is 0.268 e. The zero-order valence-electron chi connectivity index (χ0n) is 9.79. The number of rotatable bonds is 0. The molecule has 4 nitrogen and oxygen atoms in total. The predicted octanol–water partition coefficient (Wildman–Crippen LogP) is 1.88. The molecule has 0 aromatic heterocycles. The van der Waals surface area contributed by atoms with E-state index in [1.54, 1.807) is 0 Å². The fourth-order valence-corrected chi connectivity index (χ4v) is 2.35. The van der Waals surface area contributed by atoms with Gasteiger partial charge in [0.15, 0.2) is 5.60 Å². The molecule has 1 saturated heterocycles. The zero-order valence-corrected chi connectivity index (χ0v) is 9.79. The second kappa shape index (κ2) is 3.74. The minimum Gasteiger partial charge on any atom is -0.475 e. The first-order valence-corrected chi connectivity index (χ1v) is 5.88. The lowest BCUT2D eigenvalue weighted by Gasteiger charge is -2.39. The van der Waals surface area contributed by atoms with Crippen LogP contribution in [-0.4, -0.2) is 24.7 Å². The van der Waals surface area contributed by atoms with E-state index in [1.807, 2.05) is 25.1 Å². The molecule has 1 amide bonds. The number of carbonyl (C=O) groups excluding carboxylic acids is 1. The Hall–Kier alpha value is -1.55. The van der Waals surface area contributed by atoms with Crippen LogP contribution in [0.5, 0.6) is 5.75 Å². The van der Waals surface area contributed by atoms with Gasteiger partial charge in [0.25, 0.3) is 5.91 Å². The van der Waals surface area contributed by atoms with Crippen molar-refractivity contribution in [2.24, 2.45) is 0 Å². The molecule has 0 radical (unpaired) electrons. The summed E-state index contributed by atoms with van der Waals surface area (Å²) in [6.07, 6.45) is 1.23. The summed E-state index contributed by atoms with van der Waals surface area (Å²) in [6, 6.07) is 5.84. The van der Waals surface area contributed by atoms with Crippen LogP contribution in [0.4, 0.5) is 5.69 Å². The Morgan fingerprint density at radius 1 is 1.29 bits per heavy atom. The lowest BCUT2D eigenvalue weighted by Crippen LogP contribution is -2.54.